The molecule has 0 saturated heterocycles. The van der Waals surface area contributed by atoms with Gasteiger partial charge in [0.2, 0.25) is 11.8 Å². The number of carbonyl (C=O) groups is 1. The van der Waals surface area contributed by atoms with Crippen molar-refractivity contribution in [1.82, 2.24) is 5.16 Å². The third-order valence-corrected chi connectivity index (χ3v) is 3.06. The van der Waals surface area contributed by atoms with Gasteiger partial charge in [-0.25, -0.2) is 0 Å². The Balaban J connectivity index is 2.17. The van der Waals surface area contributed by atoms with Crippen LogP contribution in [-0.4, -0.2) is 11.1 Å². The third kappa shape index (κ3) is 2.10. The lowest BCUT2D eigenvalue weighted by molar-refractivity contribution is -0.119. The van der Waals surface area contributed by atoms with Gasteiger partial charge in [0.15, 0.2) is 0 Å². The summed E-state index contributed by atoms with van der Waals surface area (Å²) < 4.78 is 5.20. The first-order valence-electron chi connectivity index (χ1n) is 5.86. The van der Waals surface area contributed by atoms with Crippen molar-refractivity contribution in [3.8, 4) is 0 Å². The van der Waals surface area contributed by atoms with Crippen LogP contribution < -0.4 is 5.32 Å². The van der Waals surface area contributed by atoms with Crippen LogP contribution in [-0.2, 0) is 17.6 Å². The van der Waals surface area contributed by atoms with Crippen LogP contribution in [0.25, 0.3) is 0 Å². The second-order valence-corrected chi connectivity index (χ2v) is 4.93. The van der Waals surface area contributed by atoms with Crippen molar-refractivity contribution >= 4 is 11.8 Å². The number of fused-ring (bicyclic) bond motifs is 1. The zero-order valence-electron chi connectivity index (χ0n) is 10.0. The molecule has 1 N–H and O–H groups in total. The maximum Gasteiger partial charge on any atom is 0.234 e. The molecule has 0 aromatic carbocycles. The number of nitrogens with one attached hydrogen (secondary N) is 1. The molecule has 0 unspecified atom stereocenters. The van der Waals surface area contributed by atoms with Crippen LogP contribution in [0.5, 0.6) is 0 Å². The summed E-state index contributed by atoms with van der Waals surface area (Å²) in [6.45, 7) is 5.94. The van der Waals surface area contributed by atoms with Crippen molar-refractivity contribution in [2.24, 2.45) is 11.8 Å². The Kier molecular flexibility index (Phi) is 2.99. The van der Waals surface area contributed by atoms with Gasteiger partial charge in [0.05, 0.1) is 5.69 Å². The van der Waals surface area contributed by atoms with Gasteiger partial charge in [-0.05, 0) is 25.2 Å². The van der Waals surface area contributed by atoms with Crippen molar-refractivity contribution in [2.45, 2.75) is 40.0 Å². The highest BCUT2D eigenvalue weighted by Gasteiger charge is 2.24. The van der Waals surface area contributed by atoms with Gasteiger partial charge in [0.25, 0.3) is 0 Å². The van der Waals surface area contributed by atoms with Gasteiger partial charge in [-0.3, -0.25) is 10.1 Å². The maximum absolute atomic E-state index is 11.6. The summed E-state index contributed by atoms with van der Waals surface area (Å²) in [7, 11) is 0. The average molecular weight is 222 g/mol. The zero-order chi connectivity index (χ0) is 11.7. The van der Waals surface area contributed by atoms with Crippen molar-refractivity contribution < 1.29 is 9.32 Å². The normalized spacial score (nSPS) is 19.6. The van der Waals surface area contributed by atoms with Crippen LogP contribution in [0.4, 0.5) is 5.88 Å². The second kappa shape index (κ2) is 4.28. The number of rotatable bonds is 2. The van der Waals surface area contributed by atoms with Crippen LogP contribution in [0.3, 0.4) is 0 Å². The lowest BCUT2D eigenvalue weighted by Gasteiger charge is -2.16. The van der Waals surface area contributed by atoms with Crippen molar-refractivity contribution in [3.05, 3.63) is 11.3 Å². The first kappa shape index (κ1) is 11.2. The molecule has 1 amide bonds. The first-order chi connectivity index (χ1) is 7.58. The molecule has 16 heavy (non-hydrogen) atoms. The van der Waals surface area contributed by atoms with Crippen molar-refractivity contribution in [2.75, 3.05) is 5.32 Å². The lowest BCUT2D eigenvalue weighted by atomic mass is 9.89. The Morgan fingerprint density at radius 3 is 3.00 bits per heavy atom. The van der Waals surface area contributed by atoms with Crippen LogP contribution in [0.2, 0.25) is 0 Å². The molecule has 0 bridgehead atoms. The van der Waals surface area contributed by atoms with Crippen LogP contribution >= 0.6 is 0 Å². The summed E-state index contributed by atoms with van der Waals surface area (Å²) in [5.41, 5.74) is 2.10. The second-order valence-electron chi connectivity index (χ2n) is 4.93. The van der Waals surface area contributed by atoms with Crippen LogP contribution in [0.1, 0.15) is 38.4 Å². The number of hydrogen-bond donors (Lipinski definition) is 1. The minimum absolute atomic E-state index is 0.0165. The van der Waals surface area contributed by atoms with E-state index in [1.54, 1.807) is 0 Å². The summed E-state index contributed by atoms with van der Waals surface area (Å²) in [4.78, 5) is 11.6. The number of hydrogen-bond acceptors (Lipinski definition) is 3. The summed E-state index contributed by atoms with van der Waals surface area (Å²) in [6, 6.07) is 0. The number of aryl methyl sites for hydroxylation is 1. The van der Waals surface area contributed by atoms with Gasteiger partial charge in [-0.15, -0.1) is 0 Å². The molecule has 1 aliphatic rings. The fourth-order valence-corrected chi connectivity index (χ4v) is 1.94. The zero-order valence-corrected chi connectivity index (χ0v) is 10.0. The van der Waals surface area contributed by atoms with Gasteiger partial charge in [0.1, 0.15) is 0 Å². The molecule has 1 aliphatic carbocycles. The molecule has 0 saturated carbocycles. The quantitative estimate of drug-likeness (QED) is 0.835. The Hall–Kier alpha value is -1.32. The Labute approximate surface area is 95.4 Å². The van der Waals surface area contributed by atoms with E-state index in [1.807, 2.05) is 13.8 Å². The monoisotopic (exact) mass is 222 g/mol. The molecule has 0 aliphatic heterocycles. The molecule has 4 heteroatoms. The standard InChI is InChI=1S/C12H18N2O2/c1-7(2)11(15)13-12-9-6-8(3)4-5-10(9)14-16-12/h7-8H,4-6H2,1-3H3,(H,13,15)/t8-/m0/s1. The van der Waals surface area contributed by atoms with E-state index in [1.165, 1.54) is 0 Å². The molecule has 1 aromatic rings. The summed E-state index contributed by atoms with van der Waals surface area (Å²) in [5, 5.41) is 6.82. The number of nitrogens with zero attached hydrogens (tertiary/aromatic N) is 1. The van der Waals surface area contributed by atoms with E-state index in [4.69, 9.17) is 4.52 Å². The number of carbonyl (C=O) groups excluding carboxylic acids is 1. The van der Waals surface area contributed by atoms with E-state index < -0.39 is 0 Å². The Morgan fingerprint density at radius 2 is 2.31 bits per heavy atom. The summed E-state index contributed by atoms with van der Waals surface area (Å²) in [5.74, 6) is 1.14. The molecule has 1 aromatic heterocycles. The molecule has 4 nitrogen and oxygen atoms in total. The van der Waals surface area contributed by atoms with Gasteiger partial charge < -0.3 is 4.52 Å². The minimum atomic E-state index is -0.0400. The van der Waals surface area contributed by atoms with E-state index in [-0.39, 0.29) is 11.8 Å². The predicted molar refractivity (Wildman–Crippen MR) is 61.2 cm³/mol. The van der Waals surface area contributed by atoms with E-state index in [2.05, 4.69) is 17.4 Å². The smallest absolute Gasteiger partial charge is 0.234 e. The molecule has 0 radical (unpaired) electrons. The predicted octanol–water partition coefficient (Wildman–Crippen LogP) is 2.39. The van der Waals surface area contributed by atoms with Gasteiger partial charge in [-0.1, -0.05) is 25.9 Å². The van der Waals surface area contributed by atoms with E-state index in [0.717, 1.165) is 30.5 Å². The maximum atomic E-state index is 11.6. The Bertz CT molecular complexity index is 396. The summed E-state index contributed by atoms with van der Waals surface area (Å²) in [6.07, 6.45) is 3.06. The minimum Gasteiger partial charge on any atom is -0.338 e. The molecule has 1 atom stereocenters. The fraction of sp³-hybridized carbons (Fsp3) is 0.667. The largest absolute Gasteiger partial charge is 0.338 e. The van der Waals surface area contributed by atoms with Crippen molar-refractivity contribution in [1.29, 1.82) is 0 Å². The number of amides is 1. The number of aromatic nitrogens is 1. The average Bonchev–Trinajstić information content (AvgIpc) is 2.61. The Morgan fingerprint density at radius 1 is 1.56 bits per heavy atom. The number of anilines is 1. The van der Waals surface area contributed by atoms with E-state index >= 15 is 0 Å². The van der Waals surface area contributed by atoms with Gasteiger partial charge in [0, 0.05) is 11.5 Å². The molecule has 88 valence electrons. The topological polar surface area (TPSA) is 55.1 Å². The van der Waals surface area contributed by atoms with Crippen LogP contribution in [0, 0.1) is 11.8 Å². The molecular weight excluding hydrogens is 204 g/mol. The molecule has 0 fully saturated rings. The van der Waals surface area contributed by atoms with E-state index in [9.17, 15) is 4.79 Å². The molecule has 0 spiro atoms. The molecule has 1 heterocycles. The SMILES string of the molecule is CC(C)C(=O)Nc1onc2c1C[C@@H](C)CC2. The van der Waals surface area contributed by atoms with Crippen LogP contribution in [0.15, 0.2) is 4.52 Å². The van der Waals surface area contributed by atoms with Crippen molar-refractivity contribution in [3.63, 3.8) is 0 Å². The molecule has 2 rings (SSSR count). The third-order valence-electron chi connectivity index (χ3n) is 3.06. The summed E-state index contributed by atoms with van der Waals surface area (Å²) >= 11 is 0. The first-order valence-corrected chi connectivity index (χ1v) is 5.86. The van der Waals surface area contributed by atoms with Gasteiger partial charge in [-0.2, -0.15) is 0 Å². The van der Waals surface area contributed by atoms with Gasteiger partial charge >= 0.3 is 0 Å². The fourth-order valence-electron chi connectivity index (χ4n) is 1.94. The molecular formula is C12H18N2O2. The highest BCUT2D eigenvalue weighted by Crippen LogP contribution is 2.30. The lowest BCUT2D eigenvalue weighted by Crippen LogP contribution is -2.19. The highest BCUT2D eigenvalue weighted by atomic mass is 16.5. The highest BCUT2D eigenvalue weighted by molar-refractivity contribution is 5.91. The van der Waals surface area contributed by atoms with E-state index in [0.29, 0.717) is 11.8 Å².